The summed E-state index contributed by atoms with van der Waals surface area (Å²) in [6.07, 6.45) is 0.998. The highest BCUT2D eigenvalue weighted by Crippen LogP contribution is 2.10. The molecule has 0 bridgehead atoms. The van der Waals surface area contributed by atoms with Crippen molar-refractivity contribution in [3.05, 3.63) is 0 Å². The molecule has 1 aliphatic rings. The van der Waals surface area contributed by atoms with Crippen molar-refractivity contribution in [3.63, 3.8) is 0 Å². The number of carboxylic acid groups (broad SMARTS) is 1. The van der Waals surface area contributed by atoms with Crippen molar-refractivity contribution in [2.75, 3.05) is 7.05 Å². The number of nitrogens with one attached hydrogen (secondary N) is 2. The van der Waals surface area contributed by atoms with Gasteiger partial charge in [-0.05, 0) is 6.42 Å². The maximum absolute atomic E-state index is 11.7. The first-order chi connectivity index (χ1) is 9.35. The number of imide groups is 1. The van der Waals surface area contributed by atoms with Gasteiger partial charge in [0, 0.05) is 13.1 Å². The molecule has 0 aromatic heterocycles. The number of hydrogen-bond acceptors (Lipinski definition) is 4. The molecule has 112 valence electrons. The number of nitrogens with zero attached hydrogens (tertiary/aromatic N) is 1. The third kappa shape index (κ3) is 4.22. The molecule has 2 unspecified atom stereocenters. The van der Waals surface area contributed by atoms with Crippen LogP contribution in [-0.4, -0.2) is 53.0 Å². The summed E-state index contributed by atoms with van der Waals surface area (Å²) in [5, 5.41) is 13.7. The number of carbonyl (C=O) groups excluding carboxylic acids is 3. The van der Waals surface area contributed by atoms with E-state index in [0.717, 1.165) is 11.3 Å². The Bertz CT molecular complexity index is 423. The van der Waals surface area contributed by atoms with Gasteiger partial charge >= 0.3 is 12.0 Å². The van der Waals surface area contributed by atoms with Crippen molar-refractivity contribution < 1.29 is 24.3 Å². The average Bonchev–Trinajstić information content (AvgIpc) is 2.56. The largest absolute Gasteiger partial charge is 0.481 e. The van der Waals surface area contributed by atoms with Crippen LogP contribution in [0.5, 0.6) is 0 Å². The third-order valence-corrected chi connectivity index (χ3v) is 3.08. The van der Waals surface area contributed by atoms with E-state index in [2.05, 4.69) is 10.6 Å². The van der Waals surface area contributed by atoms with E-state index in [1.807, 2.05) is 6.92 Å². The highest BCUT2D eigenvalue weighted by Gasteiger charge is 2.37. The summed E-state index contributed by atoms with van der Waals surface area (Å²) in [5.41, 5.74) is 0. The van der Waals surface area contributed by atoms with Gasteiger partial charge in [0.1, 0.15) is 6.04 Å². The maximum atomic E-state index is 11.7. The number of likely N-dealkylation sites (tertiary alicyclic amines) is 1. The topological polar surface area (TPSA) is 116 Å². The van der Waals surface area contributed by atoms with Crippen LogP contribution in [-0.2, 0) is 14.4 Å². The lowest BCUT2D eigenvalue weighted by molar-refractivity contribution is -0.138. The summed E-state index contributed by atoms with van der Waals surface area (Å²) in [6, 6.07) is -2.01. The van der Waals surface area contributed by atoms with E-state index >= 15 is 0 Å². The van der Waals surface area contributed by atoms with E-state index in [1.165, 1.54) is 7.05 Å². The van der Waals surface area contributed by atoms with E-state index in [0.29, 0.717) is 6.42 Å². The zero-order chi connectivity index (χ0) is 15.3. The number of aliphatic carboxylic acids is 1. The predicted molar refractivity (Wildman–Crippen MR) is 68.8 cm³/mol. The maximum Gasteiger partial charge on any atom is 0.315 e. The van der Waals surface area contributed by atoms with Crippen molar-refractivity contribution in [1.29, 1.82) is 0 Å². The van der Waals surface area contributed by atoms with Crippen molar-refractivity contribution in [1.82, 2.24) is 15.5 Å². The van der Waals surface area contributed by atoms with Gasteiger partial charge in [-0.1, -0.05) is 13.3 Å². The highest BCUT2D eigenvalue weighted by molar-refractivity contribution is 6.06. The average molecular weight is 285 g/mol. The van der Waals surface area contributed by atoms with Gasteiger partial charge in [0.15, 0.2) is 0 Å². The van der Waals surface area contributed by atoms with Crippen LogP contribution in [0.15, 0.2) is 0 Å². The summed E-state index contributed by atoms with van der Waals surface area (Å²) in [7, 11) is 1.36. The van der Waals surface area contributed by atoms with Crippen LogP contribution < -0.4 is 10.6 Å². The second-order valence-corrected chi connectivity index (χ2v) is 4.75. The fourth-order valence-electron chi connectivity index (χ4n) is 2.04. The van der Waals surface area contributed by atoms with Gasteiger partial charge in [-0.3, -0.25) is 19.3 Å². The molecule has 8 nitrogen and oxygen atoms in total. The number of rotatable bonds is 6. The van der Waals surface area contributed by atoms with Gasteiger partial charge in [0.25, 0.3) is 5.91 Å². The molecule has 0 aromatic carbocycles. The molecular formula is C12H19N3O5. The molecule has 1 fully saturated rings. The highest BCUT2D eigenvalue weighted by atomic mass is 16.4. The van der Waals surface area contributed by atoms with E-state index in [1.54, 1.807) is 0 Å². The van der Waals surface area contributed by atoms with Gasteiger partial charge in [-0.25, -0.2) is 4.79 Å². The Kier molecular flexibility index (Phi) is 5.48. The zero-order valence-electron chi connectivity index (χ0n) is 11.5. The van der Waals surface area contributed by atoms with Crippen molar-refractivity contribution >= 4 is 23.8 Å². The summed E-state index contributed by atoms with van der Waals surface area (Å²) in [5.74, 6) is -1.82. The Labute approximate surface area is 116 Å². The normalized spacial score (nSPS) is 19.9. The zero-order valence-corrected chi connectivity index (χ0v) is 11.5. The molecule has 3 N–H and O–H groups in total. The number of hydrogen-bond donors (Lipinski definition) is 3. The lowest BCUT2D eigenvalue weighted by atomic mass is 10.1. The monoisotopic (exact) mass is 285 g/mol. The summed E-state index contributed by atoms with van der Waals surface area (Å²) < 4.78 is 0. The SMILES string of the molecule is CCCC(CC(=O)O)NC(=O)NC1CC(=O)N(C)C1=O. The first-order valence-electron chi connectivity index (χ1n) is 6.44. The van der Waals surface area contributed by atoms with Crippen molar-refractivity contribution in [2.45, 2.75) is 44.7 Å². The van der Waals surface area contributed by atoms with E-state index < -0.39 is 30.0 Å². The molecule has 0 aliphatic carbocycles. The van der Waals surface area contributed by atoms with Crippen molar-refractivity contribution in [2.24, 2.45) is 0 Å². The minimum Gasteiger partial charge on any atom is -0.481 e. The first kappa shape index (κ1) is 15.9. The summed E-state index contributed by atoms with van der Waals surface area (Å²) in [6.45, 7) is 1.88. The van der Waals surface area contributed by atoms with Crippen LogP contribution in [0, 0.1) is 0 Å². The molecule has 0 saturated carbocycles. The van der Waals surface area contributed by atoms with Crippen LogP contribution in [0.3, 0.4) is 0 Å². The number of carbonyl (C=O) groups is 4. The molecular weight excluding hydrogens is 266 g/mol. The van der Waals surface area contributed by atoms with Crippen LogP contribution in [0.4, 0.5) is 4.79 Å². The molecule has 8 heteroatoms. The Morgan fingerprint density at radius 2 is 2.10 bits per heavy atom. The second kappa shape index (κ2) is 6.88. The molecule has 0 radical (unpaired) electrons. The minimum atomic E-state index is -1.00. The van der Waals surface area contributed by atoms with Crippen LogP contribution in [0.2, 0.25) is 0 Å². The number of urea groups is 1. The summed E-state index contributed by atoms with van der Waals surface area (Å²) in [4.78, 5) is 46.3. The number of likely N-dealkylation sites (N-methyl/N-ethyl adjacent to an activating group) is 1. The molecule has 0 spiro atoms. The minimum absolute atomic E-state index is 0.0693. The van der Waals surface area contributed by atoms with Crippen LogP contribution in [0.1, 0.15) is 32.6 Å². The molecule has 1 saturated heterocycles. The Hall–Kier alpha value is -2.12. The molecule has 20 heavy (non-hydrogen) atoms. The lowest BCUT2D eigenvalue weighted by Crippen LogP contribution is -2.49. The fraction of sp³-hybridized carbons (Fsp3) is 0.667. The van der Waals surface area contributed by atoms with E-state index in [4.69, 9.17) is 5.11 Å². The van der Waals surface area contributed by atoms with Crippen molar-refractivity contribution in [3.8, 4) is 0 Å². The molecule has 0 aromatic rings. The van der Waals surface area contributed by atoms with Gasteiger partial charge < -0.3 is 15.7 Å². The van der Waals surface area contributed by atoms with E-state index in [-0.39, 0.29) is 18.7 Å². The fourth-order valence-corrected chi connectivity index (χ4v) is 2.04. The molecule has 1 aliphatic heterocycles. The van der Waals surface area contributed by atoms with Crippen LogP contribution >= 0.6 is 0 Å². The predicted octanol–water partition coefficient (Wildman–Crippen LogP) is -0.314. The lowest BCUT2D eigenvalue weighted by Gasteiger charge is -2.18. The number of amides is 4. The molecule has 1 rings (SSSR count). The molecule has 4 amide bonds. The van der Waals surface area contributed by atoms with Gasteiger partial charge in [0.05, 0.1) is 12.8 Å². The smallest absolute Gasteiger partial charge is 0.315 e. The first-order valence-corrected chi connectivity index (χ1v) is 6.44. The number of carboxylic acids is 1. The van der Waals surface area contributed by atoms with Crippen LogP contribution in [0.25, 0.3) is 0 Å². The van der Waals surface area contributed by atoms with E-state index in [9.17, 15) is 19.2 Å². The quantitative estimate of drug-likeness (QED) is 0.579. The Morgan fingerprint density at radius 1 is 1.45 bits per heavy atom. The summed E-state index contributed by atoms with van der Waals surface area (Å²) >= 11 is 0. The van der Waals surface area contributed by atoms with Gasteiger partial charge in [0.2, 0.25) is 5.91 Å². The second-order valence-electron chi connectivity index (χ2n) is 4.75. The molecule has 2 atom stereocenters. The Balaban J connectivity index is 2.51. The third-order valence-electron chi connectivity index (χ3n) is 3.08. The Morgan fingerprint density at radius 3 is 2.55 bits per heavy atom. The molecule has 1 heterocycles. The standard InChI is InChI=1S/C12H19N3O5/c1-3-4-7(5-10(17)18)13-12(20)14-8-6-9(16)15(2)11(8)19/h7-8H,3-6H2,1-2H3,(H,17,18)(H2,13,14,20). The van der Waals surface area contributed by atoms with Gasteiger partial charge in [-0.2, -0.15) is 0 Å². The van der Waals surface area contributed by atoms with Gasteiger partial charge in [-0.15, -0.1) is 0 Å².